The normalized spacial score (nSPS) is 12.5. The van der Waals surface area contributed by atoms with Crippen molar-refractivity contribution in [3.8, 4) is 5.75 Å². The lowest BCUT2D eigenvalue weighted by Gasteiger charge is -2.07. The third-order valence-electron chi connectivity index (χ3n) is 1.69. The van der Waals surface area contributed by atoms with Crippen molar-refractivity contribution >= 4 is 17.6 Å². The quantitative estimate of drug-likeness (QED) is 0.721. The molecule has 70 valence electrons. The Morgan fingerprint density at radius 3 is 2.62 bits per heavy atom. The smallest absolute Gasteiger partial charge is 0.336 e. The van der Waals surface area contributed by atoms with Crippen molar-refractivity contribution in [3.05, 3.63) is 29.3 Å². The summed E-state index contributed by atoms with van der Waals surface area (Å²) in [5, 5.41) is 17.4. The van der Waals surface area contributed by atoms with Crippen LogP contribution in [0.2, 0.25) is 0 Å². The predicted molar refractivity (Wildman–Crippen MR) is 49.3 cm³/mol. The van der Waals surface area contributed by atoms with Gasteiger partial charge < -0.3 is 10.2 Å². The predicted octanol–water partition coefficient (Wildman–Crippen LogP) is 2.39. The van der Waals surface area contributed by atoms with E-state index < -0.39 is 11.3 Å². The minimum absolute atomic E-state index is 0.0208. The highest BCUT2D eigenvalue weighted by Crippen LogP contribution is 2.26. The van der Waals surface area contributed by atoms with Crippen LogP contribution in [-0.4, -0.2) is 16.2 Å². The number of alkyl halides is 1. The van der Waals surface area contributed by atoms with Gasteiger partial charge in [-0.25, -0.2) is 4.79 Å². The summed E-state index contributed by atoms with van der Waals surface area (Å²) in [7, 11) is 0. The third kappa shape index (κ3) is 2.12. The molecule has 0 bridgehead atoms. The van der Waals surface area contributed by atoms with Crippen LogP contribution < -0.4 is 0 Å². The Hall–Kier alpha value is -1.22. The molecule has 1 aromatic carbocycles. The van der Waals surface area contributed by atoms with Gasteiger partial charge in [-0.05, 0) is 30.7 Å². The van der Waals surface area contributed by atoms with Gasteiger partial charge in [0.1, 0.15) is 5.75 Å². The Kier molecular flexibility index (Phi) is 2.78. The third-order valence-corrected chi connectivity index (χ3v) is 1.93. The largest absolute Gasteiger partial charge is 0.508 e. The molecule has 0 heterocycles. The summed E-state index contributed by atoms with van der Waals surface area (Å²) >= 11 is 5.75. The van der Waals surface area contributed by atoms with Crippen LogP contribution in [0, 0.1) is 0 Å². The SMILES string of the molecule is CC(Cl)c1cc(O)ccc1C(=O)O. The van der Waals surface area contributed by atoms with E-state index in [1.165, 1.54) is 18.2 Å². The molecule has 0 saturated heterocycles. The number of benzene rings is 1. The summed E-state index contributed by atoms with van der Waals surface area (Å²) < 4.78 is 0. The van der Waals surface area contributed by atoms with Crippen LogP contribution in [0.4, 0.5) is 0 Å². The topological polar surface area (TPSA) is 57.5 Å². The van der Waals surface area contributed by atoms with Crippen LogP contribution in [0.3, 0.4) is 0 Å². The molecule has 1 rings (SSSR count). The zero-order valence-corrected chi connectivity index (χ0v) is 7.75. The summed E-state index contributed by atoms with van der Waals surface area (Å²) in [5.74, 6) is -1.02. The lowest BCUT2D eigenvalue weighted by Crippen LogP contribution is -2.02. The summed E-state index contributed by atoms with van der Waals surface area (Å²) in [4.78, 5) is 10.7. The van der Waals surface area contributed by atoms with Crippen molar-refractivity contribution in [2.24, 2.45) is 0 Å². The van der Waals surface area contributed by atoms with Gasteiger partial charge in [0.05, 0.1) is 10.9 Å². The Morgan fingerprint density at radius 2 is 2.15 bits per heavy atom. The summed E-state index contributed by atoms with van der Waals surface area (Å²) in [6, 6.07) is 4.03. The van der Waals surface area contributed by atoms with Crippen LogP contribution in [0.25, 0.3) is 0 Å². The van der Waals surface area contributed by atoms with Gasteiger partial charge >= 0.3 is 5.97 Å². The van der Waals surface area contributed by atoms with Gasteiger partial charge in [-0.3, -0.25) is 0 Å². The van der Waals surface area contributed by atoms with Crippen LogP contribution in [0.5, 0.6) is 5.75 Å². The van der Waals surface area contributed by atoms with Gasteiger partial charge in [-0.2, -0.15) is 0 Å². The van der Waals surface area contributed by atoms with E-state index in [-0.39, 0.29) is 11.3 Å². The maximum absolute atomic E-state index is 10.7. The summed E-state index contributed by atoms with van der Waals surface area (Å²) in [5.41, 5.74) is 0.550. The molecule has 0 fully saturated rings. The number of rotatable bonds is 2. The number of hydrogen-bond donors (Lipinski definition) is 2. The second-order valence-corrected chi connectivity index (χ2v) is 3.35. The van der Waals surface area contributed by atoms with Gasteiger partial charge in [0, 0.05) is 0 Å². The maximum atomic E-state index is 10.7. The molecule has 4 heteroatoms. The molecule has 13 heavy (non-hydrogen) atoms. The van der Waals surface area contributed by atoms with Crippen molar-refractivity contribution < 1.29 is 15.0 Å². The average molecular weight is 201 g/mol. The minimum atomic E-state index is -1.04. The maximum Gasteiger partial charge on any atom is 0.336 e. The second-order valence-electron chi connectivity index (χ2n) is 2.69. The lowest BCUT2D eigenvalue weighted by atomic mass is 10.0. The molecule has 0 aromatic heterocycles. The second kappa shape index (κ2) is 3.66. The summed E-state index contributed by atoms with van der Waals surface area (Å²) in [6.07, 6.45) is 0. The van der Waals surface area contributed by atoms with Gasteiger partial charge in [-0.15, -0.1) is 11.6 Å². The zero-order chi connectivity index (χ0) is 10.0. The Bertz CT molecular complexity index is 334. The van der Waals surface area contributed by atoms with E-state index in [4.69, 9.17) is 21.8 Å². The highest BCUT2D eigenvalue weighted by atomic mass is 35.5. The van der Waals surface area contributed by atoms with E-state index in [2.05, 4.69) is 0 Å². The number of carboxylic acid groups (broad SMARTS) is 1. The zero-order valence-electron chi connectivity index (χ0n) is 6.99. The molecule has 0 saturated carbocycles. The number of carboxylic acids is 1. The lowest BCUT2D eigenvalue weighted by molar-refractivity contribution is 0.0695. The summed E-state index contributed by atoms with van der Waals surface area (Å²) in [6.45, 7) is 1.66. The minimum Gasteiger partial charge on any atom is -0.508 e. The van der Waals surface area contributed by atoms with E-state index in [0.29, 0.717) is 5.56 Å². The highest BCUT2D eigenvalue weighted by Gasteiger charge is 2.14. The van der Waals surface area contributed by atoms with Gasteiger partial charge in [0.2, 0.25) is 0 Å². The molecule has 1 aromatic rings. The van der Waals surface area contributed by atoms with Gasteiger partial charge in [0.15, 0.2) is 0 Å². The highest BCUT2D eigenvalue weighted by molar-refractivity contribution is 6.21. The standard InChI is InChI=1S/C9H9ClO3/c1-5(10)8-4-6(11)2-3-7(8)9(12)13/h2-5,11H,1H3,(H,12,13). The number of aromatic hydroxyl groups is 1. The number of phenols is 1. The Morgan fingerprint density at radius 1 is 1.54 bits per heavy atom. The molecule has 0 aliphatic rings. The molecular weight excluding hydrogens is 192 g/mol. The van der Waals surface area contributed by atoms with E-state index in [1.807, 2.05) is 0 Å². The van der Waals surface area contributed by atoms with Crippen molar-refractivity contribution in [1.82, 2.24) is 0 Å². The first-order valence-corrected chi connectivity index (χ1v) is 4.16. The van der Waals surface area contributed by atoms with E-state index in [9.17, 15) is 4.79 Å². The van der Waals surface area contributed by atoms with Crippen molar-refractivity contribution in [3.63, 3.8) is 0 Å². The average Bonchev–Trinajstić information content (AvgIpc) is 2.03. The van der Waals surface area contributed by atoms with E-state index in [1.54, 1.807) is 6.92 Å². The molecule has 0 amide bonds. The molecule has 1 atom stereocenters. The molecule has 2 N–H and O–H groups in total. The number of carbonyl (C=O) groups is 1. The number of halogens is 1. The molecule has 0 radical (unpaired) electrons. The first-order valence-electron chi connectivity index (χ1n) is 3.72. The van der Waals surface area contributed by atoms with Crippen molar-refractivity contribution in [2.45, 2.75) is 12.3 Å². The molecular formula is C9H9ClO3. The van der Waals surface area contributed by atoms with Crippen LogP contribution in [0.1, 0.15) is 28.2 Å². The van der Waals surface area contributed by atoms with E-state index in [0.717, 1.165) is 0 Å². The number of aromatic carboxylic acids is 1. The van der Waals surface area contributed by atoms with Crippen LogP contribution in [-0.2, 0) is 0 Å². The fraction of sp³-hybridized carbons (Fsp3) is 0.222. The molecule has 3 nitrogen and oxygen atoms in total. The molecule has 0 spiro atoms. The number of phenolic OH excluding ortho intramolecular Hbond substituents is 1. The molecule has 0 aliphatic heterocycles. The first kappa shape index (κ1) is 9.86. The van der Waals surface area contributed by atoms with Crippen LogP contribution in [0.15, 0.2) is 18.2 Å². The van der Waals surface area contributed by atoms with Crippen molar-refractivity contribution in [2.75, 3.05) is 0 Å². The Labute approximate surface area is 80.6 Å². The Balaban J connectivity index is 3.26. The van der Waals surface area contributed by atoms with E-state index >= 15 is 0 Å². The first-order chi connectivity index (χ1) is 6.02. The van der Waals surface area contributed by atoms with Crippen molar-refractivity contribution in [1.29, 1.82) is 0 Å². The van der Waals surface area contributed by atoms with Gasteiger partial charge in [-0.1, -0.05) is 0 Å². The molecule has 0 aliphatic carbocycles. The van der Waals surface area contributed by atoms with Crippen LogP contribution >= 0.6 is 11.6 Å². The fourth-order valence-electron chi connectivity index (χ4n) is 1.07. The fourth-order valence-corrected chi connectivity index (χ4v) is 1.25. The van der Waals surface area contributed by atoms with Gasteiger partial charge in [0.25, 0.3) is 0 Å². The monoisotopic (exact) mass is 200 g/mol. The number of hydrogen-bond acceptors (Lipinski definition) is 2. The molecule has 1 unspecified atom stereocenters.